The lowest BCUT2D eigenvalue weighted by atomic mass is 10.1. The number of pyridine rings is 1. The molecule has 0 aliphatic heterocycles. The molecule has 1 aromatic carbocycles. The summed E-state index contributed by atoms with van der Waals surface area (Å²) in [6.45, 7) is 0. The topological polar surface area (TPSA) is 129 Å². The van der Waals surface area contributed by atoms with Crippen LogP contribution in [0.5, 0.6) is 0 Å². The second kappa shape index (κ2) is 6.65. The van der Waals surface area contributed by atoms with Gasteiger partial charge in [-0.15, -0.1) is 0 Å². The van der Waals surface area contributed by atoms with Gasteiger partial charge >= 0.3 is 5.69 Å². The van der Waals surface area contributed by atoms with Crippen LogP contribution in [-0.4, -0.2) is 24.9 Å². The molecular weight excluding hydrogens is 378 g/mol. The summed E-state index contributed by atoms with van der Waals surface area (Å²) in [6.07, 6.45) is 1.33. The van der Waals surface area contributed by atoms with Gasteiger partial charge in [0.15, 0.2) is 5.65 Å². The number of anilines is 1. The lowest BCUT2D eigenvalue weighted by Gasteiger charge is -2.11. The zero-order valence-electron chi connectivity index (χ0n) is 14.1. The summed E-state index contributed by atoms with van der Waals surface area (Å²) >= 11 is 5.75. The van der Waals surface area contributed by atoms with Crippen LogP contribution in [0.25, 0.3) is 11.0 Å². The van der Waals surface area contributed by atoms with Crippen LogP contribution in [-0.2, 0) is 14.1 Å². The fourth-order valence-electron chi connectivity index (χ4n) is 2.58. The van der Waals surface area contributed by atoms with Crippen molar-refractivity contribution in [1.82, 2.24) is 14.1 Å². The number of hydrogen-bond donors (Lipinski definition) is 1. The van der Waals surface area contributed by atoms with Gasteiger partial charge in [-0.3, -0.25) is 28.8 Å². The monoisotopic (exact) mass is 389 g/mol. The number of amides is 1. The van der Waals surface area contributed by atoms with Gasteiger partial charge in [-0.1, -0.05) is 11.6 Å². The molecule has 0 spiro atoms. The highest BCUT2D eigenvalue weighted by Crippen LogP contribution is 2.26. The third kappa shape index (κ3) is 3.06. The van der Waals surface area contributed by atoms with E-state index in [1.807, 2.05) is 0 Å². The second-order valence-corrected chi connectivity index (χ2v) is 6.05. The summed E-state index contributed by atoms with van der Waals surface area (Å²) in [5.74, 6) is -0.682. The molecule has 3 aromatic rings. The van der Waals surface area contributed by atoms with Crippen molar-refractivity contribution in [3.05, 3.63) is 72.0 Å². The highest BCUT2D eigenvalue weighted by atomic mass is 35.5. The molecule has 2 heterocycles. The normalized spacial score (nSPS) is 10.8. The van der Waals surface area contributed by atoms with Crippen LogP contribution in [0.15, 0.2) is 40.1 Å². The third-order valence-corrected chi connectivity index (χ3v) is 4.31. The van der Waals surface area contributed by atoms with Gasteiger partial charge in [0, 0.05) is 31.9 Å². The molecule has 0 saturated heterocycles. The number of nitro groups is 1. The Kier molecular flexibility index (Phi) is 4.50. The Morgan fingerprint density at radius 3 is 2.59 bits per heavy atom. The van der Waals surface area contributed by atoms with Crippen molar-refractivity contribution in [2.45, 2.75) is 0 Å². The molecular formula is C16H12ClN5O5. The number of carbonyl (C=O) groups excluding carboxylic acids is 1. The van der Waals surface area contributed by atoms with Crippen LogP contribution < -0.4 is 16.6 Å². The Bertz CT molecular complexity index is 1230. The zero-order chi connectivity index (χ0) is 19.9. The van der Waals surface area contributed by atoms with Crippen molar-refractivity contribution >= 4 is 39.9 Å². The first-order chi connectivity index (χ1) is 12.7. The minimum Gasteiger partial charge on any atom is -0.321 e. The smallest absolute Gasteiger partial charge is 0.321 e. The van der Waals surface area contributed by atoms with E-state index in [0.29, 0.717) is 0 Å². The SMILES string of the molecule is Cn1c(=O)c2c(NC(=O)c3ccc(Cl)c([N+](=O)[O-])c3)ccnc2n(C)c1=O. The average Bonchev–Trinajstić information content (AvgIpc) is 2.64. The predicted octanol–water partition coefficient (Wildman–Crippen LogP) is 1.45. The number of halogens is 1. The standard InChI is InChI=1S/C16H12ClN5O5/c1-20-13-12(15(24)21(2)16(20)25)10(5-6-18-13)19-14(23)8-3-4-9(17)11(7-8)22(26)27/h3-7H,1-2H3,(H,18,19,23). The van der Waals surface area contributed by atoms with Gasteiger partial charge in [-0.25, -0.2) is 9.78 Å². The maximum absolute atomic E-state index is 12.5. The molecule has 10 nitrogen and oxygen atoms in total. The summed E-state index contributed by atoms with van der Waals surface area (Å²) in [7, 11) is 2.76. The number of rotatable bonds is 3. The molecule has 138 valence electrons. The fraction of sp³-hybridized carbons (Fsp3) is 0.125. The molecule has 0 fully saturated rings. The van der Waals surface area contributed by atoms with E-state index in [-0.39, 0.29) is 27.3 Å². The molecule has 0 unspecified atom stereocenters. The molecule has 11 heteroatoms. The average molecular weight is 390 g/mol. The quantitative estimate of drug-likeness (QED) is 0.533. The van der Waals surface area contributed by atoms with Crippen LogP contribution >= 0.6 is 11.6 Å². The minimum absolute atomic E-state index is 0.0160. The van der Waals surface area contributed by atoms with Crippen LogP contribution in [0.3, 0.4) is 0 Å². The summed E-state index contributed by atoms with van der Waals surface area (Å²) in [6, 6.07) is 5.00. The van der Waals surface area contributed by atoms with Crippen LogP contribution in [0.4, 0.5) is 11.4 Å². The Morgan fingerprint density at radius 2 is 1.93 bits per heavy atom. The van der Waals surface area contributed by atoms with Crippen molar-refractivity contribution in [3.63, 3.8) is 0 Å². The first-order valence-electron chi connectivity index (χ1n) is 7.52. The Hall–Kier alpha value is -3.53. The molecule has 1 N–H and O–H groups in total. The summed E-state index contributed by atoms with van der Waals surface area (Å²) in [5.41, 5.74) is -1.39. The first-order valence-corrected chi connectivity index (χ1v) is 7.90. The summed E-state index contributed by atoms with van der Waals surface area (Å²) in [5, 5.41) is 13.5. The molecule has 0 aliphatic carbocycles. The van der Waals surface area contributed by atoms with Crippen molar-refractivity contribution in [2.75, 3.05) is 5.32 Å². The number of hydrogen-bond acceptors (Lipinski definition) is 6. The van der Waals surface area contributed by atoms with Crippen LogP contribution in [0.2, 0.25) is 5.02 Å². The second-order valence-electron chi connectivity index (χ2n) is 5.64. The van der Waals surface area contributed by atoms with E-state index in [2.05, 4.69) is 10.3 Å². The van der Waals surface area contributed by atoms with Gasteiger partial charge in [0.05, 0.1) is 10.6 Å². The Morgan fingerprint density at radius 1 is 1.22 bits per heavy atom. The molecule has 2 aromatic heterocycles. The fourth-order valence-corrected chi connectivity index (χ4v) is 2.77. The number of aromatic nitrogens is 3. The van der Waals surface area contributed by atoms with Crippen molar-refractivity contribution < 1.29 is 9.72 Å². The number of benzene rings is 1. The zero-order valence-corrected chi connectivity index (χ0v) is 14.9. The largest absolute Gasteiger partial charge is 0.332 e. The van der Waals surface area contributed by atoms with Crippen LogP contribution in [0.1, 0.15) is 10.4 Å². The molecule has 0 atom stereocenters. The lowest BCUT2D eigenvalue weighted by molar-refractivity contribution is -0.384. The number of nitrogens with zero attached hydrogens (tertiary/aromatic N) is 4. The van der Waals surface area contributed by atoms with Crippen LogP contribution in [0, 0.1) is 10.1 Å². The molecule has 0 radical (unpaired) electrons. The lowest BCUT2D eigenvalue weighted by Crippen LogP contribution is -2.37. The minimum atomic E-state index is -0.702. The first kappa shape index (κ1) is 18.3. The molecule has 3 rings (SSSR count). The van der Waals surface area contributed by atoms with Crippen molar-refractivity contribution in [2.24, 2.45) is 14.1 Å². The number of aryl methyl sites for hydroxylation is 1. The van der Waals surface area contributed by atoms with Gasteiger partial charge in [-0.2, -0.15) is 0 Å². The molecule has 27 heavy (non-hydrogen) atoms. The van der Waals surface area contributed by atoms with E-state index in [9.17, 15) is 24.5 Å². The maximum atomic E-state index is 12.5. The molecule has 0 saturated carbocycles. The van der Waals surface area contributed by atoms with Gasteiger partial charge in [0.1, 0.15) is 10.4 Å². The summed E-state index contributed by atoms with van der Waals surface area (Å²) < 4.78 is 2.08. The molecule has 1 amide bonds. The molecule has 0 aliphatic rings. The van der Waals surface area contributed by atoms with E-state index in [1.165, 1.54) is 43.1 Å². The number of nitro benzene ring substituents is 1. The third-order valence-electron chi connectivity index (χ3n) is 3.99. The van der Waals surface area contributed by atoms with E-state index in [1.54, 1.807) is 0 Å². The van der Waals surface area contributed by atoms with Gasteiger partial charge < -0.3 is 5.32 Å². The van der Waals surface area contributed by atoms with Crippen molar-refractivity contribution in [1.29, 1.82) is 0 Å². The van der Waals surface area contributed by atoms with E-state index in [4.69, 9.17) is 11.6 Å². The Labute approximate surface area is 155 Å². The number of fused-ring (bicyclic) bond motifs is 1. The number of nitrogens with one attached hydrogen (secondary N) is 1. The van der Waals surface area contributed by atoms with E-state index >= 15 is 0 Å². The maximum Gasteiger partial charge on any atom is 0.332 e. The molecule has 0 bridgehead atoms. The van der Waals surface area contributed by atoms with Gasteiger partial charge in [0.25, 0.3) is 17.2 Å². The highest BCUT2D eigenvalue weighted by molar-refractivity contribution is 6.32. The van der Waals surface area contributed by atoms with Gasteiger partial charge in [-0.05, 0) is 18.2 Å². The van der Waals surface area contributed by atoms with Crippen molar-refractivity contribution in [3.8, 4) is 0 Å². The van der Waals surface area contributed by atoms with E-state index < -0.39 is 27.8 Å². The predicted molar refractivity (Wildman–Crippen MR) is 98.3 cm³/mol. The van der Waals surface area contributed by atoms with E-state index in [0.717, 1.165) is 10.6 Å². The summed E-state index contributed by atoms with van der Waals surface area (Å²) in [4.78, 5) is 51.3. The Balaban J connectivity index is 2.12. The number of carbonyl (C=O) groups is 1. The highest BCUT2D eigenvalue weighted by Gasteiger charge is 2.19. The van der Waals surface area contributed by atoms with Gasteiger partial charge in [0.2, 0.25) is 0 Å².